The quantitative estimate of drug-likeness (QED) is 0.281. The van der Waals surface area contributed by atoms with Crippen LogP contribution in [0.1, 0.15) is 19.4 Å². The number of aliphatic carboxylic acids is 1. The molecule has 0 unspecified atom stereocenters. The van der Waals surface area contributed by atoms with E-state index in [4.69, 9.17) is 19.3 Å². The summed E-state index contributed by atoms with van der Waals surface area (Å²) in [5.74, 6) is 1.29. The summed E-state index contributed by atoms with van der Waals surface area (Å²) in [7, 11) is 0. The monoisotopic (exact) mass is 487 g/mol. The number of ether oxygens (including phenoxy) is 3. The van der Waals surface area contributed by atoms with E-state index in [1.807, 2.05) is 38.1 Å². The van der Waals surface area contributed by atoms with Gasteiger partial charge >= 0.3 is 5.97 Å². The SMILES string of the molecule is CCOc1cc2ccccc2cc1CCNc1cc(-c2cccc(OCC(=O)O)c2OCC)ncn1. The molecule has 4 aromatic rings. The van der Waals surface area contributed by atoms with Gasteiger partial charge in [0.2, 0.25) is 0 Å². The van der Waals surface area contributed by atoms with Crippen molar-refractivity contribution in [2.75, 3.05) is 31.7 Å². The van der Waals surface area contributed by atoms with E-state index in [1.54, 1.807) is 12.1 Å². The first kappa shape index (κ1) is 24.8. The number of hydrogen-bond donors (Lipinski definition) is 2. The molecule has 0 fully saturated rings. The van der Waals surface area contributed by atoms with Crippen molar-refractivity contribution in [3.05, 3.63) is 72.6 Å². The van der Waals surface area contributed by atoms with Crippen LogP contribution in [0.15, 0.2) is 67.0 Å². The Bertz CT molecular complexity index is 1340. The second-order valence-electron chi connectivity index (χ2n) is 7.95. The van der Waals surface area contributed by atoms with Crippen molar-refractivity contribution in [2.24, 2.45) is 0 Å². The number of fused-ring (bicyclic) bond motifs is 1. The Morgan fingerprint density at radius 2 is 1.67 bits per heavy atom. The van der Waals surface area contributed by atoms with Crippen LogP contribution in [0.2, 0.25) is 0 Å². The van der Waals surface area contributed by atoms with E-state index in [0.717, 1.165) is 23.1 Å². The molecule has 8 heteroatoms. The van der Waals surface area contributed by atoms with Crippen molar-refractivity contribution in [2.45, 2.75) is 20.3 Å². The highest BCUT2D eigenvalue weighted by Crippen LogP contribution is 2.38. The normalized spacial score (nSPS) is 10.7. The van der Waals surface area contributed by atoms with E-state index in [2.05, 4.69) is 39.6 Å². The van der Waals surface area contributed by atoms with Crippen molar-refractivity contribution in [3.63, 3.8) is 0 Å². The van der Waals surface area contributed by atoms with Crippen LogP contribution < -0.4 is 19.5 Å². The molecule has 2 N–H and O–H groups in total. The van der Waals surface area contributed by atoms with Gasteiger partial charge in [0.25, 0.3) is 0 Å². The number of hydrogen-bond acceptors (Lipinski definition) is 7. The molecule has 1 aromatic heterocycles. The van der Waals surface area contributed by atoms with Gasteiger partial charge in [-0.05, 0) is 60.9 Å². The highest BCUT2D eigenvalue weighted by atomic mass is 16.5. The Balaban J connectivity index is 1.52. The predicted molar refractivity (Wildman–Crippen MR) is 139 cm³/mol. The Morgan fingerprint density at radius 3 is 2.42 bits per heavy atom. The minimum absolute atomic E-state index is 0.352. The number of aromatic nitrogens is 2. The van der Waals surface area contributed by atoms with Gasteiger partial charge < -0.3 is 24.6 Å². The molecule has 0 aliphatic carbocycles. The van der Waals surface area contributed by atoms with Gasteiger partial charge in [0.15, 0.2) is 18.1 Å². The first-order valence-electron chi connectivity index (χ1n) is 11.9. The zero-order valence-corrected chi connectivity index (χ0v) is 20.4. The van der Waals surface area contributed by atoms with Crippen LogP contribution in [0.25, 0.3) is 22.0 Å². The topological polar surface area (TPSA) is 103 Å². The highest BCUT2D eigenvalue weighted by molar-refractivity contribution is 5.85. The molecule has 0 spiro atoms. The molecule has 36 heavy (non-hydrogen) atoms. The zero-order chi connectivity index (χ0) is 25.3. The molecule has 8 nitrogen and oxygen atoms in total. The van der Waals surface area contributed by atoms with Crippen molar-refractivity contribution < 1.29 is 24.1 Å². The number of nitrogens with zero attached hydrogens (tertiary/aromatic N) is 2. The number of carboxylic acid groups (broad SMARTS) is 1. The second-order valence-corrected chi connectivity index (χ2v) is 7.95. The summed E-state index contributed by atoms with van der Waals surface area (Å²) in [5, 5.41) is 14.7. The maximum Gasteiger partial charge on any atom is 0.341 e. The zero-order valence-electron chi connectivity index (χ0n) is 20.4. The summed E-state index contributed by atoms with van der Waals surface area (Å²) in [6.07, 6.45) is 2.24. The number of carboxylic acids is 1. The number of anilines is 1. The van der Waals surface area contributed by atoms with Gasteiger partial charge in [-0.25, -0.2) is 14.8 Å². The number of para-hydroxylation sites is 1. The molecule has 4 rings (SSSR count). The maximum atomic E-state index is 11.0. The Labute approximate surface area is 209 Å². The van der Waals surface area contributed by atoms with Crippen LogP contribution in [-0.2, 0) is 11.2 Å². The molecule has 1 heterocycles. The molecule has 0 bridgehead atoms. The third kappa shape index (κ3) is 6.02. The first-order chi connectivity index (χ1) is 17.6. The lowest BCUT2D eigenvalue weighted by Crippen LogP contribution is -2.11. The minimum atomic E-state index is -1.06. The molecule has 0 aliphatic rings. The van der Waals surface area contributed by atoms with Gasteiger partial charge in [0, 0.05) is 18.2 Å². The van der Waals surface area contributed by atoms with Gasteiger partial charge in [0.05, 0.1) is 18.9 Å². The van der Waals surface area contributed by atoms with Crippen LogP contribution in [0.3, 0.4) is 0 Å². The van der Waals surface area contributed by atoms with E-state index in [0.29, 0.717) is 48.3 Å². The van der Waals surface area contributed by atoms with Gasteiger partial charge in [-0.1, -0.05) is 30.3 Å². The second kappa shape index (κ2) is 11.9. The highest BCUT2D eigenvalue weighted by Gasteiger charge is 2.15. The molecule has 0 radical (unpaired) electrons. The molecular weight excluding hydrogens is 458 g/mol. The number of nitrogens with one attached hydrogen (secondary N) is 1. The summed E-state index contributed by atoms with van der Waals surface area (Å²) in [6, 6.07) is 19.6. The molecule has 186 valence electrons. The molecule has 0 saturated carbocycles. The first-order valence-corrected chi connectivity index (χ1v) is 11.9. The van der Waals surface area contributed by atoms with Gasteiger partial charge in [-0.15, -0.1) is 0 Å². The van der Waals surface area contributed by atoms with Crippen molar-refractivity contribution in [3.8, 4) is 28.5 Å². The minimum Gasteiger partial charge on any atom is -0.494 e. The van der Waals surface area contributed by atoms with Crippen LogP contribution in [0.5, 0.6) is 17.2 Å². The smallest absolute Gasteiger partial charge is 0.341 e. The van der Waals surface area contributed by atoms with E-state index in [1.165, 1.54) is 11.7 Å². The average Bonchev–Trinajstić information content (AvgIpc) is 2.88. The maximum absolute atomic E-state index is 11.0. The Hall–Kier alpha value is -4.33. The van der Waals surface area contributed by atoms with Crippen molar-refractivity contribution in [1.82, 2.24) is 9.97 Å². The molecule has 0 atom stereocenters. The van der Waals surface area contributed by atoms with Crippen LogP contribution in [-0.4, -0.2) is 47.4 Å². The third-order valence-corrected chi connectivity index (χ3v) is 5.49. The van der Waals surface area contributed by atoms with Crippen molar-refractivity contribution >= 4 is 22.6 Å². The van der Waals surface area contributed by atoms with E-state index < -0.39 is 12.6 Å². The number of carbonyl (C=O) groups is 1. The van der Waals surface area contributed by atoms with Crippen LogP contribution in [0.4, 0.5) is 5.82 Å². The molecule has 0 saturated heterocycles. The van der Waals surface area contributed by atoms with Crippen LogP contribution in [0, 0.1) is 0 Å². The summed E-state index contributed by atoms with van der Waals surface area (Å²) in [6.45, 7) is 5.02. The predicted octanol–water partition coefficient (Wildman–Crippen LogP) is 5.21. The summed E-state index contributed by atoms with van der Waals surface area (Å²) < 4.78 is 17.1. The standard InChI is InChI=1S/C28H29N3O5/c1-3-34-25-15-20-9-6-5-8-19(20)14-21(25)12-13-29-26-16-23(30-18-31-26)22-10-7-11-24(28(22)35-4-2)36-17-27(32)33/h5-11,14-16,18H,3-4,12-13,17H2,1-2H3,(H,32,33)(H,29,30,31). The Kier molecular flexibility index (Phi) is 8.18. The number of rotatable bonds is 12. The van der Waals surface area contributed by atoms with E-state index in [9.17, 15) is 4.79 Å². The summed E-state index contributed by atoms with van der Waals surface area (Å²) in [4.78, 5) is 19.7. The van der Waals surface area contributed by atoms with Crippen LogP contribution >= 0.6 is 0 Å². The lowest BCUT2D eigenvalue weighted by molar-refractivity contribution is -0.139. The molecule has 0 amide bonds. The molecule has 3 aromatic carbocycles. The van der Waals surface area contributed by atoms with Gasteiger partial charge in [-0.3, -0.25) is 0 Å². The molecular formula is C28H29N3O5. The fourth-order valence-electron chi connectivity index (χ4n) is 3.94. The largest absolute Gasteiger partial charge is 0.494 e. The number of benzene rings is 3. The summed E-state index contributed by atoms with van der Waals surface area (Å²) in [5.41, 5.74) is 2.45. The average molecular weight is 488 g/mol. The molecule has 0 aliphatic heterocycles. The fraction of sp³-hybridized carbons (Fsp3) is 0.250. The van der Waals surface area contributed by atoms with Crippen molar-refractivity contribution in [1.29, 1.82) is 0 Å². The lowest BCUT2D eigenvalue weighted by atomic mass is 10.0. The summed E-state index contributed by atoms with van der Waals surface area (Å²) >= 11 is 0. The third-order valence-electron chi connectivity index (χ3n) is 5.49. The lowest BCUT2D eigenvalue weighted by Gasteiger charge is -2.15. The fourth-order valence-corrected chi connectivity index (χ4v) is 3.94. The Morgan fingerprint density at radius 1 is 0.889 bits per heavy atom. The van der Waals surface area contributed by atoms with Gasteiger partial charge in [-0.2, -0.15) is 0 Å². The van der Waals surface area contributed by atoms with E-state index in [-0.39, 0.29) is 0 Å². The van der Waals surface area contributed by atoms with E-state index >= 15 is 0 Å². The van der Waals surface area contributed by atoms with Gasteiger partial charge in [0.1, 0.15) is 17.9 Å².